The van der Waals surface area contributed by atoms with Gasteiger partial charge in [0.1, 0.15) is 5.58 Å². The van der Waals surface area contributed by atoms with E-state index in [-0.39, 0.29) is 0 Å². The van der Waals surface area contributed by atoms with E-state index in [1.165, 1.54) is 107 Å². The van der Waals surface area contributed by atoms with Gasteiger partial charge in [0.25, 0.3) is 0 Å². The van der Waals surface area contributed by atoms with Crippen molar-refractivity contribution in [1.29, 1.82) is 0 Å². The van der Waals surface area contributed by atoms with E-state index in [2.05, 4.69) is 176 Å². The van der Waals surface area contributed by atoms with Crippen LogP contribution in [0.4, 0.5) is 0 Å². The van der Waals surface area contributed by atoms with Crippen LogP contribution in [0, 0.1) is 0 Å². The Bertz CT molecular complexity index is 3440. The first-order chi connectivity index (χ1) is 26.8. The molecule has 0 N–H and O–H groups in total. The number of furan rings is 1. The van der Waals surface area contributed by atoms with E-state index in [4.69, 9.17) is 4.42 Å². The molecule has 0 unspecified atom stereocenters. The van der Waals surface area contributed by atoms with Gasteiger partial charge in [-0.3, -0.25) is 0 Å². The molecule has 0 aliphatic carbocycles. The van der Waals surface area contributed by atoms with Crippen LogP contribution in [0.15, 0.2) is 186 Å². The number of fused-ring (bicyclic) bond motifs is 12. The summed E-state index contributed by atoms with van der Waals surface area (Å²) < 4.78 is 9.02. The molecule has 0 aliphatic rings. The Morgan fingerprint density at radius 2 is 0.833 bits per heavy atom. The molecule has 0 atom stereocenters. The molecule has 0 spiro atoms. The van der Waals surface area contributed by atoms with Gasteiger partial charge in [-0.15, -0.1) is 11.3 Å². The van der Waals surface area contributed by atoms with Crippen LogP contribution in [0.5, 0.6) is 0 Å². The summed E-state index contributed by atoms with van der Waals surface area (Å²) in [4.78, 5) is 0. The van der Waals surface area contributed by atoms with Crippen LogP contribution in [0.2, 0.25) is 0 Å². The zero-order chi connectivity index (χ0) is 35.3. The molecule has 54 heavy (non-hydrogen) atoms. The first-order valence-electron chi connectivity index (χ1n) is 18.5. The van der Waals surface area contributed by atoms with Crippen LogP contribution in [0.3, 0.4) is 0 Å². The second-order valence-corrected chi connectivity index (χ2v) is 15.3. The third kappa shape index (κ3) is 4.14. The van der Waals surface area contributed by atoms with E-state index in [9.17, 15) is 0 Å². The molecular formula is C52H30OS. The van der Waals surface area contributed by atoms with Crippen molar-refractivity contribution in [3.8, 4) is 33.4 Å². The topological polar surface area (TPSA) is 13.1 Å². The highest BCUT2D eigenvalue weighted by molar-refractivity contribution is 7.26. The number of benzene rings is 10. The lowest BCUT2D eigenvalue weighted by Crippen LogP contribution is -1.92. The molecule has 0 bridgehead atoms. The van der Waals surface area contributed by atoms with Crippen LogP contribution in [-0.4, -0.2) is 0 Å². The molecule has 0 aliphatic heterocycles. The molecule has 2 aromatic heterocycles. The molecule has 2 heteroatoms. The highest BCUT2D eigenvalue weighted by Crippen LogP contribution is 2.49. The van der Waals surface area contributed by atoms with E-state index in [0.29, 0.717) is 0 Å². The maximum absolute atomic E-state index is 6.54. The zero-order valence-electron chi connectivity index (χ0n) is 29.1. The monoisotopic (exact) mass is 702 g/mol. The molecule has 250 valence electrons. The van der Waals surface area contributed by atoms with Gasteiger partial charge in [-0.2, -0.15) is 0 Å². The molecule has 1 nitrogen and oxygen atoms in total. The van der Waals surface area contributed by atoms with Crippen LogP contribution in [0.25, 0.3) is 119 Å². The lowest BCUT2D eigenvalue weighted by molar-refractivity contribution is 0.673. The van der Waals surface area contributed by atoms with Crippen molar-refractivity contribution in [2.45, 2.75) is 0 Å². The lowest BCUT2D eigenvalue weighted by Gasteiger charge is -2.20. The molecule has 0 saturated carbocycles. The highest BCUT2D eigenvalue weighted by Gasteiger charge is 2.21. The van der Waals surface area contributed by atoms with Crippen LogP contribution in [0.1, 0.15) is 0 Å². The van der Waals surface area contributed by atoms with Gasteiger partial charge in [0.15, 0.2) is 5.58 Å². The van der Waals surface area contributed by atoms with Gasteiger partial charge in [-0.25, -0.2) is 0 Å². The van der Waals surface area contributed by atoms with Gasteiger partial charge < -0.3 is 4.42 Å². The second-order valence-electron chi connectivity index (χ2n) is 14.3. The third-order valence-corrected chi connectivity index (χ3v) is 12.6. The average molecular weight is 703 g/mol. The van der Waals surface area contributed by atoms with Gasteiger partial charge in [0, 0.05) is 26.2 Å². The summed E-state index contributed by atoms with van der Waals surface area (Å²) >= 11 is 1.84. The summed E-state index contributed by atoms with van der Waals surface area (Å²) in [6, 6.07) is 66.7. The number of thiophene rings is 1. The first-order valence-corrected chi connectivity index (χ1v) is 19.3. The van der Waals surface area contributed by atoms with Crippen molar-refractivity contribution in [2.24, 2.45) is 0 Å². The maximum Gasteiger partial charge on any atom is 0.153 e. The molecular weight excluding hydrogens is 673 g/mol. The number of hydrogen-bond donors (Lipinski definition) is 0. The van der Waals surface area contributed by atoms with E-state index in [1.807, 2.05) is 17.4 Å². The SMILES string of the molecule is c1ccc(-c2c3ccccc3c(-c3ccc(-c4cc5sc6c(ccc7c8ccccc8oc76)c5c5ccccc45)c4ccccc34)c3ccccc23)cc1. The number of hydrogen-bond acceptors (Lipinski definition) is 2. The average Bonchev–Trinajstić information content (AvgIpc) is 3.81. The fourth-order valence-electron chi connectivity index (χ4n) is 9.19. The number of para-hydroxylation sites is 1. The molecule has 0 saturated heterocycles. The number of rotatable bonds is 3. The van der Waals surface area contributed by atoms with Crippen molar-refractivity contribution in [3.05, 3.63) is 182 Å². The van der Waals surface area contributed by atoms with Gasteiger partial charge in [-0.05, 0) is 94.7 Å². The molecule has 0 fully saturated rings. The quantitative estimate of drug-likeness (QED) is 0.167. The third-order valence-electron chi connectivity index (χ3n) is 11.5. The smallest absolute Gasteiger partial charge is 0.153 e. The Morgan fingerprint density at radius 3 is 1.52 bits per heavy atom. The Kier molecular flexibility index (Phi) is 6.28. The fraction of sp³-hybridized carbons (Fsp3) is 0. The summed E-state index contributed by atoms with van der Waals surface area (Å²) in [7, 11) is 0. The fourth-order valence-corrected chi connectivity index (χ4v) is 10.4. The van der Waals surface area contributed by atoms with Crippen molar-refractivity contribution in [2.75, 3.05) is 0 Å². The van der Waals surface area contributed by atoms with Gasteiger partial charge >= 0.3 is 0 Å². The van der Waals surface area contributed by atoms with Crippen molar-refractivity contribution in [3.63, 3.8) is 0 Å². The molecule has 0 amide bonds. The Labute approximate surface area is 314 Å². The summed E-state index contributed by atoms with van der Waals surface area (Å²) in [5, 5.41) is 15.0. The molecule has 12 rings (SSSR count). The van der Waals surface area contributed by atoms with Gasteiger partial charge in [0.2, 0.25) is 0 Å². The summed E-state index contributed by atoms with van der Waals surface area (Å²) in [5.74, 6) is 0. The maximum atomic E-state index is 6.54. The van der Waals surface area contributed by atoms with Gasteiger partial charge in [-0.1, -0.05) is 164 Å². The normalized spacial score (nSPS) is 12.1. The predicted octanol–water partition coefficient (Wildman–Crippen LogP) is 15.6. The minimum atomic E-state index is 0.935. The molecule has 2 heterocycles. The summed E-state index contributed by atoms with van der Waals surface area (Å²) in [6.07, 6.45) is 0. The van der Waals surface area contributed by atoms with Gasteiger partial charge in [0.05, 0.1) is 4.70 Å². The van der Waals surface area contributed by atoms with Crippen molar-refractivity contribution >= 4 is 96.5 Å². The van der Waals surface area contributed by atoms with Crippen molar-refractivity contribution in [1.82, 2.24) is 0 Å². The predicted molar refractivity (Wildman–Crippen MR) is 233 cm³/mol. The second kappa shape index (κ2) is 11.4. The van der Waals surface area contributed by atoms with Crippen LogP contribution < -0.4 is 0 Å². The van der Waals surface area contributed by atoms with E-state index in [1.54, 1.807) is 0 Å². The molecule has 12 aromatic rings. The minimum absolute atomic E-state index is 0.935. The molecule has 10 aromatic carbocycles. The standard InChI is InChI=1S/C52H30OS/c1-2-14-31(15-3-1)48-38-21-8-10-23-40(38)49(41-24-11-9-22-39(41)48)42-27-26-35(32-16-4-5-17-33(32)42)45-30-47-50(37-20-7-6-18-34(37)45)44-29-28-43-36-19-12-13-25-46(36)53-51(43)52(44)54-47/h1-30H. The first kappa shape index (κ1) is 29.8. The van der Waals surface area contributed by atoms with E-state index < -0.39 is 0 Å². The van der Waals surface area contributed by atoms with E-state index in [0.717, 1.165) is 11.2 Å². The zero-order valence-corrected chi connectivity index (χ0v) is 30.0. The minimum Gasteiger partial charge on any atom is -0.455 e. The lowest BCUT2D eigenvalue weighted by atomic mass is 9.83. The summed E-state index contributed by atoms with van der Waals surface area (Å²) in [5.41, 5.74) is 9.47. The Morgan fingerprint density at radius 1 is 0.333 bits per heavy atom. The van der Waals surface area contributed by atoms with Crippen LogP contribution >= 0.6 is 11.3 Å². The van der Waals surface area contributed by atoms with Crippen molar-refractivity contribution < 1.29 is 4.42 Å². The summed E-state index contributed by atoms with van der Waals surface area (Å²) in [6.45, 7) is 0. The largest absolute Gasteiger partial charge is 0.455 e. The van der Waals surface area contributed by atoms with Crippen LogP contribution in [-0.2, 0) is 0 Å². The Balaban J connectivity index is 1.14. The highest BCUT2D eigenvalue weighted by atomic mass is 32.1. The Hall–Kier alpha value is -6.74. The molecule has 0 radical (unpaired) electrons. The van der Waals surface area contributed by atoms with E-state index >= 15 is 0 Å².